The van der Waals surface area contributed by atoms with Gasteiger partial charge in [-0.05, 0) is 31.2 Å². The zero-order valence-electron chi connectivity index (χ0n) is 18.9. The van der Waals surface area contributed by atoms with E-state index in [4.69, 9.17) is 35.0 Å². The average Bonchev–Trinajstić information content (AvgIpc) is 3.19. The molecule has 1 aromatic heterocycles. The van der Waals surface area contributed by atoms with Crippen molar-refractivity contribution >= 4 is 51.1 Å². The van der Waals surface area contributed by atoms with E-state index in [0.717, 1.165) is 16.4 Å². The van der Waals surface area contributed by atoms with Crippen LogP contribution in [0.15, 0.2) is 52.9 Å². The molecule has 9 heteroatoms. The van der Waals surface area contributed by atoms with Crippen molar-refractivity contribution in [2.45, 2.75) is 13.0 Å². The third-order valence-electron chi connectivity index (χ3n) is 5.28. The first-order valence-electron chi connectivity index (χ1n) is 10.3. The molecule has 1 atom stereocenters. The lowest BCUT2D eigenvalue weighted by Crippen LogP contribution is -2.30. The lowest BCUT2D eigenvalue weighted by atomic mass is 10.1. The van der Waals surface area contributed by atoms with Gasteiger partial charge in [0.25, 0.3) is 5.91 Å². The Morgan fingerprint density at radius 1 is 0.912 bits per heavy atom. The molecule has 176 valence electrons. The van der Waals surface area contributed by atoms with Crippen molar-refractivity contribution in [2.24, 2.45) is 0 Å². The summed E-state index contributed by atoms with van der Waals surface area (Å²) in [5.41, 5.74) is 1.81. The number of hydrogen-bond donors (Lipinski definition) is 1. The Kier molecular flexibility index (Phi) is 6.51. The molecule has 0 aliphatic rings. The third kappa shape index (κ3) is 4.32. The number of rotatable bonds is 7. The largest absolute Gasteiger partial charge is 0.495 e. The summed E-state index contributed by atoms with van der Waals surface area (Å²) in [6.45, 7) is 1.46. The van der Waals surface area contributed by atoms with Gasteiger partial charge in [0.15, 0.2) is 17.6 Å². The highest BCUT2D eigenvalue weighted by atomic mass is 35.5. The van der Waals surface area contributed by atoms with Gasteiger partial charge in [-0.25, -0.2) is 4.79 Å². The van der Waals surface area contributed by atoms with E-state index >= 15 is 0 Å². The van der Waals surface area contributed by atoms with Crippen molar-refractivity contribution in [3.63, 3.8) is 0 Å². The maximum Gasteiger partial charge on any atom is 0.339 e. The van der Waals surface area contributed by atoms with Gasteiger partial charge in [-0.1, -0.05) is 29.8 Å². The molecule has 0 saturated carbocycles. The SMILES string of the molecule is COc1cc2c(cc1NC(=O)C(C)OC(=O)c1cc(Cl)c(OC)c(OC)c1)oc1ccccc12. The Bertz CT molecular complexity index is 1400. The third-order valence-corrected chi connectivity index (χ3v) is 5.56. The number of hydrogen-bond acceptors (Lipinski definition) is 7. The number of esters is 1. The number of carbonyl (C=O) groups is 2. The second-order valence-corrected chi connectivity index (χ2v) is 7.78. The molecule has 4 rings (SSSR count). The lowest BCUT2D eigenvalue weighted by Gasteiger charge is -2.16. The van der Waals surface area contributed by atoms with Gasteiger partial charge in [0.2, 0.25) is 0 Å². The second-order valence-electron chi connectivity index (χ2n) is 7.38. The number of ether oxygens (including phenoxy) is 4. The fourth-order valence-corrected chi connectivity index (χ4v) is 3.86. The highest BCUT2D eigenvalue weighted by molar-refractivity contribution is 6.32. The second kappa shape index (κ2) is 9.52. The molecule has 4 aromatic rings. The van der Waals surface area contributed by atoms with Gasteiger partial charge < -0.3 is 28.7 Å². The molecule has 0 aliphatic heterocycles. The van der Waals surface area contributed by atoms with Crippen LogP contribution in [0.3, 0.4) is 0 Å². The van der Waals surface area contributed by atoms with Crippen molar-refractivity contribution in [2.75, 3.05) is 26.6 Å². The summed E-state index contributed by atoms with van der Waals surface area (Å²) in [5.74, 6) is -0.293. The van der Waals surface area contributed by atoms with Crippen LogP contribution in [0.25, 0.3) is 21.9 Å². The summed E-state index contributed by atoms with van der Waals surface area (Å²) >= 11 is 6.16. The van der Waals surface area contributed by atoms with E-state index in [2.05, 4.69) is 5.32 Å². The van der Waals surface area contributed by atoms with E-state index in [1.54, 1.807) is 12.1 Å². The monoisotopic (exact) mass is 483 g/mol. The van der Waals surface area contributed by atoms with Crippen LogP contribution in [0.4, 0.5) is 5.69 Å². The molecule has 0 fully saturated rings. The summed E-state index contributed by atoms with van der Waals surface area (Å²) in [4.78, 5) is 25.4. The molecule has 1 unspecified atom stereocenters. The van der Waals surface area contributed by atoms with Crippen LogP contribution in [0.5, 0.6) is 17.2 Å². The van der Waals surface area contributed by atoms with Gasteiger partial charge in [-0.3, -0.25) is 4.79 Å². The van der Waals surface area contributed by atoms with Crippen LogP contribution in [0, 0.1) is 0 Å². The van der Waals surface area contributed by atoms with E-state index in [9.17, 15) is 9.59 Å². The number of benzene rings is 3. The maximum absolute atomic E-state index is 12.8. The van der Waals surface area contributed by atoms with Crippen LogP contribution in [-0.2, 0) is 9.53 Å². The van der Waals surface area contributed by atoms with Gasteiger partial charge >= 0.3 is 5.97 Å². The van der Waals surface area contributed by atoms with Crippen molar-refractivity contribution in [1.29, 1.82) is 0 Å². The Hall–Kier alpha value is -3.91. The Balaban J connectivity index is 1.54. The molecule has 8 nitrogen and oxygen atoms in total. The van der Waals surface area contributed by atoms with Crippen molar-refractivity contribution < 1.29 is 33.0 Å². The molecule has 1 amide bonds. The van der Waals surface area contributed by atoms with Gasteiger partial charge in [0.05, 0.1) is 37.6 Å². The highest BCUT2D eigenvalue weighted by Crippen LogP contribution is 2.37. The van der Waals surface area contributed by atoms with Gasteiger partial charge in [0.1, 0.15) is 16.9 Å². The molecule has 3 aromatic carbocycles. The molecule has 1 N–H and O–H groups in total. The minimum atomic E-state index is -1.12. The van der Waals surface area contributed by atoms with Crippen LogP contribution < -0.4 is 19.5 Å². The number of halogens is 1. The summed E-state index contributed by atoms with van der Waals surface area (Å²) in [5, 5.41) is 4.70. The first-order valence-corrected chi connectivity index (χ1v) is 10.7. The van der Waals surface area contributed by atoms with E-state index in [1.165, 1.54) is 40.4 Å². The van der Waals surface area contributed by atoms with Crippen LogP contribution >= 0.6 is 11.6 Å². The Labute approximate surface area is 200 Å². The van der Waals surface area contributed by atoms with Crippen molar-refractivity contribution in [3.8, 4) is 17.2 Å². The van der Waals surface area contributed by atoms with Crippen LogP contribution in [0.2, 0.25) is 5.02 Å². The quantitative estimate of drug-likeness (QED) is 0.349. The average molecular weight is 484 g/mol. The summed E-state index contributed by atoms with van der Waals surface area (Å²) in [6.07, 6.45) is -1.12. The first-order chi connectivity index (χ1) is 16.4. The van der Waals surface area contributed by atoms with E-state index in [-0.39, 0.29) is 16.3 Å². The molecule has 0 radical (unpaired) electrons. The number of methoxy groups -OCH3 is 3. The van der Waals surface area contributed by atoms with Gasteiger partial charge in [-0.15, -0.1) is 0 Å². The fourth-order valence-electron chi connectivity index (χ4n) is 3.57. The maximum atomic E-state index is 12.8. The predicted octanol–water partition coefficient (Wildman–Crippen LogP) is 5.45. The number of anilines is 1. The number of amides is 1. The molecule has 0 bridgehead atoms. The van der Waals surface area contributed by atoms with E-state index < -0.39 is 18.0 Å². The standard InChI is InChI=1S/C25H22ClNO7/c1-13(33-25(29)14-9-17(26)23(32-4)22(10-14)31-3)24(28)27-18-12-20-16(11-21(18)30-2)15-7-5-6-8-19(15)34-20/h5-13H,1-4H3,(H,27,28). The lowest BCUT2D eigenvalue weighted by molar-refractivity contribution is -0.123. The van der Waals surface area contributed by atoms with E-state index in [1.807, 2.05) is 24.3 Å². The molecule has 0 aliphatic carbocycles. The van der Waals surface area contributed by atoms with Crippen LogP contribution in [-0.4, -0.2) is 39.3 Å². The summed E-state index contributed by atoms with van der Waals surface area (Å²) in [6, 6.07) is 13.9. The number of carbonyl (C=O) groups excluding carboxylic acids is 2. The minimum Gasteiger partial charge on any atom is -0.495 e. The van der Waals surface area contributed by atoms with Crippen LogP contribution in [0.1, 0.15) is 17.3 Å². The molecular formula is C25H22ClNO7. The zero-order valence-corrected chi connectivity index (χ0v) is 19.7. The number of furan rings is 1. The smallest absolute Gasteiger partial charge is 0.339 e. The van der Waals surface area contributed by atoms with Crippen molar-refractivity contribution in [3.05, 3.63) is 59.1 Å². The molecule has 0 spiro atoms. The Morgan fingerprint density at radius 2 is 1.65 bits per heavy atom. The summed E-state index contributed by atoms with van der Waals surface area (Å²) < 4.78 is 27.0. The van der Waals surface area contributed by atoms with E-state index in [0.29, 0.717) is 22.8 Å². The normalized spacial score (nSPS) is 11.8. The first kappa shape index (κ1) is 23.3. The molecular weight excluding hydrogens is 462 g/mol. The van der Waals surface area contributed by atoms with Gasteiger partial charge in [0, 0.05) is 16.8 Å². The topological polar surface area (TPSA) is 96.2 Å². The molecule has 34 heavy (non-hydrogen) atoms. The zero-order chi connectivity index (χ0) is 24.4. The summed E-state index contributed by atoms with van der Waals surface area (Å²) in [7, 11) is 4.36. The predicted molar refractivity (Wildman–Crippen MR) is 128 cm³/mol. The minimum absolute atomic E-state index is 0.114. The fraction of sp³-hybridized carbons (Fsp3) is 0.200. The Morgan fingerprint density at radius 3 is 2.35 bits per heavy atom. The highest BCUT2D eigenvalue weighted by Gasteiger charge is 2.23. The number of nitrogens with one attached hydrogen (secondary N) is 1. The van der Waals surface area contributed by atoms with Crippen molar-refractivity contribution in [1.82, 2.24) is 0 Å². The van der Waals surface area contributed by atoms with Gasteiger partial charge in [-0.2, -0.15) is 0 Å². The number of fused-ring (bicyclic) bond motifs is 3. The molecule has 0 saturated heterocycles. The number of para-hydroxylation sites is 1. The molecule has 1 heterocycles.